The van der Waals surface area contributed by atoms with E-state index in [9.17, 15) is 0 Å². The first-order chi connectivity index (χ1) is 11.8. The van der Waals surface area contributed by atoms with Gasteiger partial charge in [0.05, 0.1) is 32.5 Å². The number of thiocarbonyl (C=S) groups is 2. The fourth-order valence-corrected chi connectivity index (χ4v) is 2.68. The van der Waals surface area contributed by atoms with Crippen molar-refractivity contribution in [3.63, 3.8) is 0 Å². The molecular formula is C18H16N4S2Tc. The van der Waals surface area contributed by atoms with Crippen LogP contribution in [0.1, 0.15) is 22.8 Å². The number of rotatable bonds is 4. The van der Waals surface area contributed by atoms with Gasteiger partial charge in [-0.3, -0.25) is 0 Å². The third-order valence-electron chi connectivity index (χ3n) is 3.37. The zero-order chi connectivity index (χ0) is 16.8. The maximum atomic E-state index is 5.23. The Balaban J connectivity index is 0.000000173. The molecule has 4 aromatic rings. The van der Waals surface area contributed by atoms with E-state index < -0.39 is 0 Å². The smallest absolute Gasteiger partial charge is 0.0846 e. The van der Waals surface area contributed by atoms with Crippen molar-refractivity contribution in [3.05, 3.63) is 96.1 Å². The molecule has 0 aromatic carbocycles. The van der Waals surface area contributed by atoms with Crippen LogP contribution in [0.3, 0.4) is 0 Å². The summed E-state index contributed by atoms with van der Waals surface area (Å²) in [6, 6.07) is 15.6. The van der Waals surface area contributed by atoms with Crippen molar-refractivity contribution in [2.45, 2.75) is 0 Å². The average Bonchev–Trinajstić information content (AvgIpc) is 3.43. The van der Waals surface area contributed by atoms with E-state index in [4.69, 9.17) is 24.4 Å². The van der Waals surface area contributed by atoms with E-state index in [0.29, 0.717) is 0 Å². The predicted octanol–water partition coefficient (Wildman–Crippen LogP) is 4.22. The molecule has 0 aliphatic heterocycles. The number of aromatic nitrogens is 4. The van der Waals surface area contributed by atoms with Gasteiger partial charge < -0.3 is 19.9 Å². The van der Waals surface area contributed by atoms with E-state index in [1.807, 2.05) is 73.3 Å². The Labute approximate surface area is 169 Å². The van der Waals surface area contributed by atoms with E-state index in [2.05, 4.69) is 19.9 Å². The molecule has 0 atom stereocenters. The van der Waals surface area contributed by atoms with Gasteiger partial charge in [0.2, 0.25) is 0 Å². The van der Waals surface area contributed by atoms with Crippen molar-refractivity contribution in [1.82, 2.24) is 19.9 Å². The number of hydrogen-bond donors (Lipinski definition) is 4. The third kappa shape index (κ3) is 4.96. The summed E-state index contributed by atoms with van der Waals surface area (Å²) in [6.07, 6.45) is 7.46. The van der Waals surface area contributed by atoms with Gasteiger partial charge in [-0.15, -0.1) is 0 Å². The molecule has 4 rings (SSSR count). The molecule has 4 nitrogen and oxygen atoms in total. The van der Waals surface area contributed by atoms with E-state index in [1.165, 1.54) is 0 Å². The molecule has 0 saturated carbocycles. The Morgan fingerprint density at radius 2 is 0.760 bits per heavy atom. The molecular weight excluding hydrogens is 435 g/mol. The Kier molecular flexibility index (Phi) is 7.28. The summed E-state index contributed by atoms with van der Waals surface area (Å²) in [5, 5.41) is 0. The third-order valence-corrected chi connectivity index (χ3v) is 4.25. The molecule has 0 aliphatic carbocycles. The van der Waals surface area contributed by atoms with Crippen molar-refractivity contribution in [1.29, 1.82) is 0 Å². The molecule has 7 heteroatoms. The number of H-pyrrole nitrogens is 4. The largest absolute Gasteiger partial charge is 0.360 e. The van der Waals surface area contributed by atoms with Crippen LogP contribution < -0.4 is 0 Å². The van der Waals surface area contributed by atoms with E-state index >= 15 is 0 Å². The van der Waals surface area contributed by atoms with Crippen molar-refractivity contribution in [2.75, 3.05) is 0 Å². The minimum atomic E-state index is 0. The van der Waals surface area contributed by atoms with Crippen molar-refractivity contribution < 1.29 is 20.1 Å². The number of nitrogens with one attached hydrogen (secondary N) is 4. The molecule has 0 amide bonds. The molecule has 4 N–H and O–H groups in total. The summed E-state index contributed by atoms with van der Waals surface area (Å²) in [5.41, 5.74) is 3.92. The maximum Gasteiger partial charge on any atom is 0.0846 e. The maximum absolute atomic E-state index is 5.23. The Morgan fingerprint density at radius 3 is 0.920 bits per heavy atom. The van der Waals surface area contributed by atoms with Crippen LogP contribution in [0.4, 0.5) is 0 Å². The van der Waals surface area contributed by atoms with Crippen molar-refractivity contribution in [3.8, 4) is 0 Å². The Hall–Kier alpha value is -2.05. The SMILES string of the molecule is S=C(c1ccc[nH]1)c1ccc[nH]1.S=C(c1ccc[nH]1)c1ccc[nH]1.[99Tc]. The van der Waals surface area contributed by atoms with Gasteiger partial charge in [0.1, 0.15) is 0 Å². The molecule has 127 valence electrons. The summed E-state index contributed by atoms with van der Waals surface area (Å²) in [5.74, 6) is 0. The van der Waals surface area contributed by atoms with Gasteiger partial charge in [0, 0.05) is 44.9 Å². The van der Waals surface area contributed by atoms with Crippen LogP contribution in [0.2, 0.25) is 0 Å². The van der Waals surface area contributed by atoms with Gasteiger partial charge in [-0.25, -0.2) is 0 Å². The molecule has 4 heterocycles. The summed E-state index contributed by atoms with van der Waals surface area (Å²) < 4.78 is 0. The van der Waals surface area contributed by atoms with Crippen LogP contribution in [0.15, 0.2) is 73.3 Å². The summed E-state index contributed by atoms with van der Waals surface area (Å²) >= 11 is 10.5. The van der Waals surface area contributed by atoms with Gasteiger partial charge in [-0.05, 0) is 48.5 Å². The molecule has 1 radical (unpaired) electrons. The fourth-order valence-electron chi connectivity index (χ4n) is 2.18. The second kappa shape index (κ2) is 9.44. The molecule has 0 bridgehead atoms. The molecule has 0 spiro atoms. The molecule has 0 saturated heterocycles. The molecule has 4 aromatic heterocycles. The first kappa shape index (κ1) is 19.3. The first-order valence-electron chi connectivity index (χ1n) is 7.38. The zero-order valence-electron chi connectivity index (χ0n) is 13.1. The van der Waals surface area contributed by atoms with Crippen LogP contribution >= 0.6 is 24.4 Å². The van der Waals surface area contributed by atoms with E-state index in [0.717, 1.165) is 32.5 Å². The monoisotopic (exact) mass is 451 g/mol. The molecule has 0 unspecified atom stereocenters. The zero-order valence-corrected chi connectivity index (χ0v) is 16.6. The second-order valence-corrected chi connectivity index (χ2v) is 5.81. The fraction of sp³-hybridized carbons (Fsp3) is 0. The van der Waals surface area contributed by atoms with Crippen LogP contribution in [-0.2, 0) is 20.1 Å². The normalized spacial score (nSPS) is 9.60. The van der Waals surface area contributed by atoms with Gasteiger partial charge >= 0.3 is 0 Å². The van der Waals surface area contributed by atoms with E-state index in [1.54, 1.807) is 0 Å². The van der Waals surface area contributed by atoms with Gasteiger partial charge in [0.15, 0.2) is 0 Å². The molecule has 0 aliphatic rings. The Bertz CT molecular complexity index is 728. The second-order valence-electron chi connectivity index (χ2n) is 4.99. The van der Waals surface area contributed by atoms with Crippen LogP contribution in [-0.4, -0.2) is 29.7 Å². The van der Waals surface area contributed by atoms with Crippen molar-refractivity contribution >= 4 is 34.2 Å². The average molecular weight is 451 g/mol. The van der Waals surface area contributed by atoms with Gasteiger partial charge in [0.25, 0.3) is 0 Å². The van der Waals surface area contributed by atoms with Crippen LogP contribution in [0.25, 0.3) is 0 Å². The number of aromatic amines is 4. The molecule has 25 heavy (non-hydrogen) atoms. The summed E-state index contributed by atoms with van der Waals surface area (Å²) in [7, 11) is 0. The summed E-state index contributed by atoms with van der Waals surface area (Å²) in [6.45, 7) is 0. The molecule has 0 fully saturated rings. The topological polar surface area (TPSA) is 63.2 Å². The first-order valence-corrected chi connectivity index (χ1v) is 8.20. The van der Waals surface area contributed by atoms with Crippen molar-refractivity contribution in [2.24, 2.45) is 0 Å². The minimum absolute atomic E-state index is 0. The van der Waals surface area contributed by atoms with Crippen LogP contribution in [0, 0.1) is 0 Å². The number of hydrogen-bond acceptors (Lipinski definition) is 2. The predicted molar refractivity (Wildman–Crippen MR) is 105 cm³/mol. The van der Waals surface area contributed by atoms with E-state index in [-0.39, 0.29) is 20.1 Å². The Morgan fingerprint density at radius 1 is 0.520 bits per heavy atom. The van der Waals surface area contributed by atoms with Gasteiger partial charge in [-0.2, -0.15) is 0 Å². The minimum Gasteiger partial charge on any atom is -0.360 e. The standard InChI is InChI=1S/2C9H8N2S.Tc/c2*12-9(7-3-1-5-10-7)8-4-2-6-11-8;/h2*1-6,10-11H;/i;;1+1. The quantitative estimate of drug-likeness (QED) is 0.278. The van der Waals surface area contributed by atoms with Crippen LogP contribution in [0.5, 0.6) is 0 Å². The van der Waals surface area contributed by atoms with Gasteiger partial charge in [-0.1, -0.05) is 24.4 Å². The summed E-state index contributed by atoms with van der Waals surface area (Å²) in [4.78, 5) is 13.9.